The summed E-state index contributed by atoms with van der Waals surface area (Å²) in [4.78, 5) is 12.0. The van der Waals surface area contributed by atoms with E-state index in [9.17, 15) is 9.18 Å². The zero-order chi connectivity index (χ0) is 12.3. The lowest BCUT2D eigenvalue weighted by molar-refractivity contribution is -0.137. The molecule has 90 valence electrons. The first-order chi connectivity index (χ1) is 8.22. The van der Waals surface area contributed by atoms with Crippen molar-refractivity contribution in [2.75, 3.05) is 12.4 Å². The van der Waals surface area contributed by atoms with Crippen molar-refractivity contribution >= 4 is 23.3 Å². The molecular formula is C13H13FO2S. The zero-order valence-corrected chi connectivity index (χ0v) is 10.3. The summed E-state index contributed by atoms with van der Waals surface area (Å²) in [5.74, 6) is 0.214. The third-order valence-corrected chi connectivity index (χ3v) is 3.62. The normalized spacial score (nSPS) is 16.7. The van der Waals surface area contributed by atoms with Crippen LogP contribution in [0, 0.1) is 5.82 Å². The smallest absolute Gasteiger partial charge is 0.331 e. The number of rotatable bonds is 2. The Labute approximate surface area is 104 Å². The van der Waals surface area contributed by atoms with Crippen molar-refractivity contribution in [1.29, 1.82) is 0 Å². The number of hydrogen-bond donors (Lipinski definition) is 0. The minimum Gasteiger partial charge on any atom is -0.463 e. The molecule has 2 nitrogen and oxygen atoms in total. The van der Waals surface area contributed by atoms with Gasteiger partial charge in [-0.05, 0) is 30.5 Å². The SMILES string of the molecule is CCOC(=O)/C=C1\CCSc2c(F)cccc21. The fourth-order valence-electron chi connectivity index (χ4n) is 1.78. The Morgan fingerprint density at radius 2 is 2.41 bits per heavy atom. The second kappa shape index (κ2) is 5.36. The van der Waals surface area contributed by atoms with E-state index in [1.807, 2.05) is 6.07 Å². The van der Waals surface area contributed by atoms with Gasteiger partial charge in [-0.2, -0.15) is 0 Å². The molecule has 2 rings (SSSR count). The number of benzene rings is 1. The number of thioether (sulfide) groups is 1. The van der Waals surface area contributed by atoms with E-state index in [1.54, 1.807) is 13.0 Å². The van der Waals surface area contributed by atoms with E-state index in [0.29, 0.717) is 11.5 Å². The molecule has 0 aliphatic carbocycles. The molecule has 4 heteroatoms. The molecule has 1 aromatic carbocycles. The Balaban J connectivity index is 2.35. The predicted molar refractivity (Wildman–Crippen MR) is 66.4 cm³/mol. The molecule has 0 amide bonds. The third kappa shape index (κ3) is 2.69. The van der Waals surface area contributed by atoms with Crippen molar-refractivity contribution < 1.29 is 13.9 Å². The fourth-order valence-corrected chi connectivity index (χ4v) is 2.87. The van der Waals surface area contributed by atoms with Crippen LogP contribution < -0.4 is 0 Å². The van der Waals surface area contributed by atoms with Gasteiger partial charge in [0.05, 0.1) is 11.5 Å². The van der Waals surface area contributed by atoms with Gasteiger partial charge in [0.1, 0.15) is 5.82 Å². The first-order valence-corrected chi connectivity index (χ1v) is 6.50. The van der Waals surface area contributed by atoms with Crippen molar-refractivity contribution in [2.24, 2.45) is 0 Å². The number of halogens is 1. The van der Waals surface area contributed by atoms with Gasteiger partial charge in [-0.1, -0.05) is 12.1 Å². The number of allylic oxidation sites excluding steroid dienone is 1. The first kappa shape index (κ1) is 12.2. The molecule has 0 saturated heterocycles. The summed E-state index contributed by atoms with van der Waals surface area (Å²) < 4.78 is 18.4. The Bertz CT molecular complexity index is 468. The molecule has 0 N–H and O–H groups in total. The molecule has 1 heterocycles. The Morgan fingerprint density at radius 3 is 3.18 bits per heavy atom. The van der Waals surface area contributed by atoms with E-state index in [-0.39, 0.29) is 11.8 Å². The molecule has 17 heavy (non-hydrogen) atoms. The Hall–Kier alpha value is -1.29. The van der Waals surface area contributed by atoms with Crippen LogP contribution in [0.1, 0.15) is 18.9 Å². The lowest BCUT2D eigenvalue weighted by atomic mass is 10.0. The van der Waals surface area contributed by atoms with E-state index < -0.39 is 0 Å². The minimum absolute atomic E-state index is 0.220. The molecular weight excluding hydrogens is 239 g/mol. The highest BCUT2D eigenvalue weighted by atomic mass is 32.2. The topological polar surface area (TPSA) is 26.3 Å². The summed E-state index contributed by atoms with van der Waals surface area (Å²) in [6.07, 6.45) is 2.24. The van der Waals surface area contributed by atoms with Crippen molar-refractivity contribution in [3.63, 3.8) is 0 Å². The van der Waals surface area contributed by atoms with E-state index in [2.05, 4.69) is 0 Å². The number of carbonyl (C=O) groups is 1. The number of hydrogen-bond acceptors (Lipinski definition) is 3. The first-order valence-electron chi connectivity index (χ1n) is 5.51. The number of fused-ring (bicyclic) bond motifs is 1. The molecule has 0 aromatic heterocycles. The van der Waals surface area contributed by atoms with Crippen molar-refractivity contribution in [3.8, 4) is 0 Å². The van der Waals surface area contributed by atoms with Crippen LogP contribution in [-0.4, -0.2) is 18.3 Å². The molecule has 0 fully saturated rings. The quantitative estimate of drug-likeness (QED) is 0.597. The highest BCUT2D eigenvalue weighted by Gasteiger charge is 2.18. The molecule has 0 spiro atoms. The van der Waals surface area contributed by atoms with Gasteiger partial charge in [0.25, 0.3) is 0 Å². The summed E-state index contributed by atoms with van der Waals surface area (Å²) in [5.41, 5.74) is 1.67. The van der Waals surface area contributed by atoms with E-state index in [0.717, 1.165) is 23.3 Å². The molecule has 0 unspecified atom stereocenters. The standard InChI is InChI=1S/C13H13FO2S/c1-2-16-12(15)8-9-6-7-17-13-10(9)4-3-5-11(13)14/h3-5,8H,2,6-7H2,1H3/b9-8+. The molecule has 1 aromatic rings. The van der Waals surface area contributed by atoms with Crippen molar-refractivity contribution in [2.45, 2.75) is 18.2 Å². The van der Waals surface area contributed by atoms with Gasteiger partial charge in [0.15, 0.2) is 0 Å². The van der Waals surface area contributed by atoms with Crippen LogP contribution in [0.15, 0.2) is 29.2 Å². The van der Waals surface area contributed by atoms with E-state index in [1.165, 1.54) is 23.9 Å². The fraction of sp³-hybridized carbons (Fsp3) is 0.308. The van der Waals surface area contributed by atoms with Gasteiger partial charge in [0, 0.05) is 11.8 Å². The van der Waals surface area contributed by atoms with Crippen LogP contribution in [0.5, 0.6) is 0 Å². The highest BCUT2D eigenvalue weighted by Crippen LogP contribution is 2.38. The monoisotopic (exact) mass is 252 g/mol. The summed E-state index contributed by atoms with van der Waals surface area (Å²) in [6.45, 7) is 2.12. The van der Waals surface area contributed by atoms with Gasteiger partial charge >= 0.3 is 5.97 Å². The minimum atomic E-state index is -0.357. The number of carbonyl (C=O) groups excluding carboxylic acids is 1. The van der Waals surface area contributed by atoms with E-state index >= 15 is 0 Å². The average Bonchev–Trinajstić information content (AvgIpc) is 2.31. The number of esters is 1. The summed E-state index contributed by atoms with van der Waals surface area (Å²) >= 11 is 1.49. The van der Waals surface area contributed by atoms with Gasteiger partial charge in [0.2, 0.25) is 0 Å². The average molecular weight is 252 g/mol. The van der Waals surface area contributed by atoms with Crippen LogP contribution in [0.4, 0.5) is 4.39 Å². The highest BCUT2D eigenvalue weighted by molar-refractivity contribution is 7.99. The van der Waals surface area contributed by atoms with Gasteiger partial charge in [-0.15, -0.1) is 11.8 Å². The van der Waals surface area contributed by atoms with Crippen LogP contribution >= 0.6 is 11.8 Å². The molecule has 0 bridgehead atoms. The maximum atomic E-state index is 13.6. The van der Waals surface area contributed by atoms with Crippen LogP contribution in [0.2, 0.25) is 0 Å². The maximum absolute atomic E-state index is 13.6. The Kier molecular flexibility index (Phi) is 3.84. The van der Waals surface area contributed by atoms with Gasteiger partial charge in [-0.25, -0.2) is 9.18 Å². The summed E-state index contributed by atoms with van der Waals surface area (Å²) in [6, 6.07) is 4.95. The van der Waals surface area contributed by atoms with Gasteiger partial charge in [-0.3, -0.25) is 0 Å². The zero-order valence-electron chi connectivity index (χ0n) is 9.53. The Morgan fingerprint density at radius 1 is 1.59 bits per heavy atom. The van der Waals surface area contributed by atoms with Crippen molar-refractivity contribution in [1.82, 2.24) is 0 Å². The lowest BCUT2D eigenvalue weighted by Crippen LogP contribution is -2.05. The van der Waals surface area contributed by atoms with Crippen LogP contribution in [-0.2, 0) is 9.53 Å². The summed E-state index contributed by atoms with van der Waals surface area (Å²) in [7, 11) is 0. The molecule has 1 aliphatic heterocycles. The predicted octanol–water partition coefficient (Wildman–Crippen LogP) is 3.27. The lowest BCUT2D eigenvalue weighted by Gasteiger charge is -2.18. The largest absolute Gasteiger partial charge is 0.463 e. The molecule has 1 aliphatic rings. The second-order valence-corrected chi connectivity index (χ2v) is 4.74. The van der Waals surface area contributed by atoms with E-state index in [4.69, 9.17) is 4.74 Å². The van der Waals surface area contributed by atoms with Crippen molar-refractivity contribution in [3.05, 3.63) is 35.7 Å². The third-order valence-electron chi connectivity index (χ3n) is 2.51. The van der Waals surface area contributed by atoms with Gasteiger partial charge < -0.3 is 4.74 Å². The summed E-state index contributed by atoms with van der Waals surface area (Å²) in [5, 5.41) is 0. The molecule has 0 saturated carbocycles. The number of ether oxygens (including phenoxy) is 1. The maximum Gasteiger partial charge on any atom is 0.331 e. The van der Waals surface area contributed by atoms with Crippen LogP contribution in [0.25, 0.3) is 5.57 Å². The van der Waals surface area contributed by atoms with Crippen LogP contribution in [0.3, 0.4) is 0 Å². The molecule has 0 radical (unpaired) electrons. The molecule has 0 atom stereocenters. The second-order valence-electron chi connectivity index (χ2n) is 3.64.